The number of benzene rings is 2. The molecule has 37 heavy (non-hydrogen) atoms. The third kappa shape index (κ3) is 9.36. The van der Waals surface area contributed by atoms with Gasteiger partial charge >= 0.3 is 0 Å². The smallest absolute Gasteiger partial charge is 0.242 e. The Balaban J connectivity index is 2.27. The van der Waals surface area contributed by atoms with E-state index in [1.165, 1.54) is 9.21 Å². The van der Waals surface area contributed by atoms with E-state index in [2.05, 4.69) is 5.32 Å². The lowest BCUT2D eigenvalue weighted by Gasteiger charge is -2.32. The summed E-state index contributed by atoms with van der Waals surface area (Å²) in [5, 5.41) is 4.10. The maximum Gasteiger partial charge on any atom is 0.242 e. The number of nitrogens with zero attached hydrogens (tertiary/aromatic N) is 2. The third-order valence-corrected chi connectivity index (χ3v) is 7.85. The van der Waals surface area contributed by atoms with Crippen molar-refractivity contribution in [2.75, 3.05) is 23.7 Å². The Labute approximate surface area is 235 Å². The van der Waals surface area contributed by atoms with Gasteiger partial charge in [0.15, 0.2) is 0 Å². The van der Waals surface area contributed by atoms with Crippen molar-refractivity contribution >= 4 is 62.3 Å². The number of nitrogens with one attached hydrogen (secondary N) is 1. The lowest BCUT2D eigenvalue weighted by atomic mass is 10.1. The van der Waals surface area contributed by atoms with Crippen molar-refractivity contribution in [1.29, 1.82) is 0 Å². The molecule has 1 N–H and O–H groups in total. The first-order chi connectivity index (χ1) is 17.3. The number of carbonyl (C=O) groups excluding carboxylic acids is 2. The minimum absolute atomic E-state index is 0.0165. The Kier molecular flexibility index (Phi) is 12.0. The molecule has 1 atom stereocenters. The number of anilines is 1. The van der Waals surface area contributed by atoms with Gasteiger partial charge in [-0.25, -0.2) is 8.42 Å². The SMILES string of the molecule is CC[C@@H](C(=O)NCC(C)C)N(Cc1c(Cl)cccc1Cl)C(=O)CCCN(c1cccc(Cl)c1)S(C)(=O)=O. The fraction of sp³-hybridized carbons (Fsp3) is 0.462. The summed E-state index contributed by atoms with van der Waals surface area (Å²) in [6.45, 7) is 6.41. The summed E-state index contributed by atoms with van der Waals surface area (Å²) in [7, 11) is -3.61. The Morgan fingerprint density at radius 2 is 1.65 bits per heavy atom. The number of sulfonamides is 1. The molecule has 0 saturated heterocycles. The van der Waals surface area contributed by atoms with Crippen molar-refractivity contribution in [1.82, 2.24) is 10.2 Å². The van der Waals surface area contributed by atoms with Gasteiger partial charge in [0.05, 0.1) is 11.9 Å². The van der Waals surface area contributed by atoms with Crippen LogP contribution < -0.4 is 9.62 Å². The first-order valence-corrected chi connectivity index (χ1v) is 15.1. The van der Waals surface area contributed by atoms with E-state index in [0.717, 1.165) is 6.26 Å². The van der Waals surface area contributed by atoms with E-state index in [0.29, 0.717) is 39.3 Å². The van der Waals surface area contributed by atoms with Crippen LogP contribution >= 0.6 is 34.8 Å². The summed E-state index contributed by atoms with van der Waals surface area (Å²) in [6.07, 6.45) is 1.74. The monoisotopic (exact) mass is 589 g/mol. The van der Waals surface area contributed by atoms with E-state index in [9.17, 15) is 18.0 Å². The van der Waals surface area contributed by atoms with Gasteiger partial charge in [-0.3, -0.25) is 13.9 Å². The van der Waals surface area contributed by atoms with Crippen LogP contribution in [0.5, 0.6) is 0 Å². The quantitative estimate of drug-likeness (QED) is 0.321. The summed E-state index contributed by atoms with van der Waals surface area (Å²) in [5.41, 5.74) is 0.965. The summed E-state index contributed by atoms with van der Waals surface area (Å²) >= 11 is 18.8. The summed E-state index contributed by atoms with van der Waals surface area (Å²) in [4.78, 5) is 28.0. The molecule has 0 saturated carbocycles. The van der Waals surface area contributed by atoms with Gasteiger partial charge in [0.1, 0.15) is 6.04 Å². The Morgan fingerprint density at radius 1 is 1.03 bits per heavy atom. The molecule has 7 nitrogen and oxygen atoms in total. The van der Waals surface area contributed by atoms with Gasteiger partial charge in [-0.1, -0.05) is 67.7 Å². The normalized spacial score (nSPS) is 12.3. The standard InChI is InChI=1S/C26H34Cl3N3O4S/c1-5-24(26(34)30-16-18(2)3)31(17-21-22(28)11-7-12-23(21)29)25(33)13-8-14-32(37(4,35)36)20-10-6-9-19(27)15-20/h6-7,9-12,15,18,24H,5,8,13-14,16-17H2,1-4H3,(H,30,34)/t24-/m0/s1. The lowest BCUT2D eigenvalue weighted by Crippen LogP contribution is -2.49. The van der Waals surface area contributed by atoms with Crippen molar-refractivity contribution in [2.24, 2.45) is 5.92 Å². The average Bonchev–Trinajstić information content (AvgIpc) is 2.81. The highest BCUT2D eigenvalue weighted by Crippen LogP contribution is 2.28. The van der Waals surface area contributed by atoms with E-state index in [1.807, 2.05) is 20.8 Å². The molecule has 0 bridgehead atoms. The highest BCUT2D eigenvalue weighted by atomic mass is 35.5. The van der Waals surface area contributed by atoms with Crippen molar-refractivity contribution in [3.63, 3.8) is 0 Å². The second kappa shape index (κ2) is 14.2. The number of rotatable bonds is 13. The Hall–Kier alpha value is -2.00. The predicted molar refractivity (Wildman–Crippen MR) is 152 cm³/mol. The van der Waals surface area contributed by atoms with Crippen LogP contribution in [0.15, 0.2) is 42.5 Å². The Bertz CT molecular complexity index is 1170. The van der Waals surface area contributed by atoms with E-state index < -0.39 is 16.1 Å². The summed E-state index contributed by atoms with van der Waals surface area (Å²) < 4.78 is 26.1. The van der Waals surface area contributed by atoms with Gasteiger partial charge in [-0.05, 0) is 49.1 Å². The first-order valence-electron chi connectivity index (χ1n) is 12.1. The van der Waals surface area contributed by atoms with E-state index >= 15 is 0 Å². The molecule has 0 aliphatic heterocycles. The van der Waals surface area contributed by atoms with E-state index in [1.54, 1.807) is 42.5 Å². The molecule has 2 aromatic carbocycles. The van der Waals surface area contributed by atoms with Crippen molar-refractivity contribution < 1.29 is 18.0 Å². The van der Waals surface area contributed by atoms with Crippen molar-refractivity contribution in [3.05, 3.63) is 63.1 Å². The highest BCUT2D eigenvalue weighted by Gasteiger charge is 2.30. The van der Waals surface area contributed by atoms with Crippen LogP contribution in [-0.4, -0.2) is 50.5 Å². The zero-order chi connectivity index (χ0) is 27.8. The number of halogens is 3. The molecule has 0 fully saturated rings. The van der Waals surface area contributed by atoms with Crippen LogP contribution in [0.2, 0.25) is 15.1 Å². The summed E-state index contributed by atoms with van der Waals surface area (Å²) in [6, 6.07) is 10.9. The molecule has 2 aromatic rings. The molecule has 11 heteroatoms. The minimum Gasteiger partial charge on any atom is -0.354 e. The average molecular weight is 591 g/mol. The zero-order valence-electron chi connectivity index (χ0n) is 21.5. The molecule has 204 valence electrons. The van der Waals surface area contributed by atoms with E-state index in [4.69, 9.17) is 34.8 Å². The largest absolute Gasteiger partial charge is 0.354 e. The van der Waals surface area contributed by atoms with Crippen molar-refractivity contribution in [2.45, 2.75) is 52.6 Å². The second-order valence-electron chi connectivity index (χ2n) is 9.20. The molecule has 0 heterocycles. The van der Waals surface area contributed by atoms with Gasteiger partial charge in [-0.15, -0.1) is 0 Å². The maximum absolute atomic E-state index is 13.5. The van der Waals surface area contributed by atoms with Crippen molar-refractivity contribution in [3.8, 4) is 0 Å². The molecule has 2 rings (SSSR count). The van der Waals surface area contributed by atoms with Crippen LogP contribution in [0.3, 0.4) is 0 Å². The summed E-state index contributed by atoms with van der Waals surface area (Å²) in [5.74, 6) is -0.316. The third-order valence-electron chi connectivity index (χ3n) is 5.71. The molecule has 0 radical (unpaired) electrons. The molecule has 0 unspecified atom stereocenters. The zero-order valence-corrected chi connectivity index (χ0v) is 24.6. The Morgan fingerprint density at radius 3 is 2.19 bits per heavy atom. The molecule has 0 aromatic heterocycles. The molecule has 0 spiro atoms. The van der Waals surface area contributed by atoms with Crippen LogP contribution in [0.4, 0.5) is 5.69 Å². The molecule has 0 aliphatic rings. The van der Waals surface area contributed by atoms with E-state index in [-0.39, 0.29) is 43.7 Å². The molecule has 2 amide bonds. The highest BCUT2D eigenvalue weighted by molar-refractivity contribution is 7.92. The first kappa shape index (κ1) is 31.2. The lowest BCUT2D eigenvalue weighted by molar-refractivity contribution is -0.141. The van der Waals surface area contributed by atoms with Crippen LogP contribution in [0.1, 0.15) is 45.6 Å². The minimum atomic E-state index is -3.61. The fourth-order valence-electron chi connectivity index (χ4n) is 3.83. The van der Waals surface area contributed by atoms with Gasteiger partial charge < -0.3 is 10.2 Å². The van der Waals surface area contributed by atoms with Gasteiger partial charge in [0.2, 0.25) is 21.8 Å². The molecule has 0 aliphatic carbocycles. The van der Waals surface area contributed by atoms with Gasteiger partial charge in [0, 0.05) is 46.7 Å². The van der Waals surface area contributed by atoms with Crippen LogP contribution in [0, 0.1) is 5.92 Å². The molecular weight excluding hydrogens is 557 g/mol. The number of carbonyl (C=O) groups is 2. The maximum atomic E-state index is 13.5. The van der Waals surface area contributed by atoms with Gasteiger partial charge in [0.25, 0.3) is 0 Å². The predicted octanol–water partition coefficient (Wildman–Crippen LogP) is 5.77. The topological polar surface area (TPSA) is 86.8 Å². The van der Waals surface area contributed by atoms with Crippen LogP contribution in [0.25, 0.3) is 0 Å². The fourth-order valence-corrected chi connectivity index (χ4v) is 5.49. The molecular formula is C26H34Cl3N3O4S. The number of hydrogen-bond donors (Lipinski definition) is 1. The van der Waals surface area contributed by atoms with Crippen LogP contribution in [-0.2, 0) is 26.2 Å². The number of hydrogen-bond acceptors (Lipinski definition) is 4. The second-order valence-corrected chi connectivity index (χ2v) is 12.4. The number of amides is 2. The van der Waals surface area contributed by atoms with Gasteiger partial charge in [-0.2, -0.15) is 0 Å².